The molecule has 1 aliphatic rings. The number of amides is 1. The maximum absolute atomic E-state index is 13.1. The van der Waals surface area contributed by atoms with Crippen LogP contribution < -0.4 is 0 Å². The van der Waals surface area contributed by atoms with Crippen LogP contribution >= 0.6 is 0 Å². The molecule has 1 aliphatic heterocycles. The normalized spacial score (nSPS) is 14.9. The minimum atomic E-state index is 0.215. The molecule has 0 unspecified atom stereocenters. The van der Waals surface area contributed by atoms with Gasteiger partial charge in [0.05, 0.1) is 12.5 Å². The summed E-state index contributed by atoms with van der Waals surface area (Å²) in [7, 11) is 2.04. The second kappa shape index (κ2) is 9.01. The molecule has 1 fully saturated rings. The molecule has 3 aromatic carbocycles. The monoisotopic (exact) mass is 423 g/mol. The summed E-state index contributed by atoms with van der Waals surface area (Å²) in [6, 6.07) is 29.9. The van der Waals surface area contributed by atoms with Crippen molar-refractivity contribution in [2.75, 3.05) is 26.2 Å². The van der Waals surface area contributed by atoms with Crippen LogP contribution in [0, 0.1) is 0 Å². The highest BCUT2D eigenvalue weighted by Crippen LogP contribution is 2.29. The van der Waals surface area contributed by atoms with Crippen LogP contribution in [0.2, 0.25) is 0 Å². The molecular formula is C28H29N3O. The Morgan fingerprint density at radius 2 is 1.34 bits per heavy atom. The van der Waals surface area contributed by atoms with E-state index >= 15 is 0 Å². The standard InChI is InChI=1S/C28H29N3O/c1-29-21-24(25-14-8-9-15-26(25)29)20-27(32)30-16-18-31(19-17-30)28(22-10-4-2-5-11-22)23-12-6-3-7-13-23/h2-15,21,28H,16-20H2,1H3. The van der Waals surface area contributed by atoms with Gasteiger partial charge in [-0.05, 0) is 22.8 Å². The molecule has 32 heavy (non-hydrogen) atoms. The summed E-state index contributed by atoms with van der Waals surface area (Å²) in [5.74, 6) is 0.219. The zero-order chi connectivity index (χ0) is 21.9. The molecular weight excluding hydrogens is 394 g/mol. The first-order valence-electron chi connectivity index (χ1n) is 11.4. The number of carbonyl (C=O) groups is 1. The average molecular weight is 424 g/mol. The summed E-state index contributed by atoms with van der Waals surface area (Å²) in [5, 5.41) is 1.18. The Bertz CT molecular complexity index is 1150. The number of hydrogen-bond donors (Lipinski definition) is 0. The number of piperazine rings is 1. The predicted octanol–water partition coefficient (Wildman–Crippen LogP) is 4.65. The molecule has 4 heteroatoms. The lowest BCUT2D eigenvalue weighted by molar-refractivity contribution is -0.132. The van der Waals surface area contributed by atoms with E-state index < -0.39 is 0 Å². The fourth-order valence-corrected chi connectivity index (χ4v) is 4.96. The third-order valence-corrected chi connectivity index (χ3v) is 6.58. The van der Waals surface area contributed by atoms with Gasteiger partial charge in [0.25, 0.3) is 0 Å². The molecule has 0 N–H and O–H groups in total. The SMILES string of the molecule is Cn1cc(CC(=O)N2CCN(C(c3ccccc3)c3ccccc3)CC2)c2ccccc21. The van der Waals surface area contributed by atoms with Crippen LogP contribution in [0.1, 0.15) is 22.7 Å². The second-order valence-corrected chi connectivity index (χ2v) is 8.60. The van der Waals surface area contributed by atoms with Crippen molar-refractivity contribution in [1.82, 2.24) is 14.4 Å². The largest absolute Gasteiger partial charge is 0.350 e. The minimum Gasteiger partial charge on any atom is -0.350 e. The zero-order valence-corrected chi connectivity index (χ0v) is 18.5. The maximum Gasteiger partial charge on any atom is 0.227 e. The summed E-state index contributed by atoms with van der Waals surface area (Å²) < 4.78 is 2.11. The number of nitrogens with zero attached hydrogens (tertiary/aromatic N) is 3. The van der Waals surface area contributed by atoms with Crippen molar-refractivity contribution in [2.24, 2.45) is 7.05 Å². The maximum atomic E-state index is 13.1. The van der Waals surface area contributed by atoms with E-state index in [0.29, 0.717) is 6.42 Å². The van der Waals surface area contributed by atoms with Crippen LogP contribution in [0.15, 0.2) is 91.1 Å². The molecule has 1 saturated heterocycles. The quantitative estimate of drug-likeness (QED) is 0.467. The highest BCUT2D eigenvalue weighted by atomic mass is 16.2. The van der Waals surface area contributed by atoms with E-state index in [2.05, 4.69) is 88.5 Å². The van der Waals surface area contributed by atoms with Crippen LogP contribution in [0.3, 0.4) is 0 Å². The Morgan fingerprint density at radius 3 is 1.97 bits per heavy atom. The second-order valence-electron chi connectivity index (χ2n) is 8.60. The van der Waals surface area contributed by atoms with Crippen molar-refractivity contribution in [3.05, 3.63) is 108 Å². The molecule has 0 atom stereocenters. The summed E-state index contributed by atoms with van der Waals surface area (Å²) in [6.45, 7) is 3.27. The molecule has 162 valence electrons. The summed E-state index contributed by atoms with van der Waals surface area (Å²) in [5.41, 5.74) is 4.89. The molecule has 0 spiro atoms. The van der Waals surface area contributed by atoms with Gasteiger partial charge in [0.1, 0.15) is 0 Å². The molecule has 5 rings (SSSR count). The summed E-state index contributed by atoms with van der Waals surface area (Å²) in [6.07, 6.45) is 2.56. The third-order valence-electron chi connectivity index (χ3n) is 6.58. The first-order valence-corrected chi connectivity index (χ1v) is 11.4. The number of fused-ring (bicyclic) bond motifs is 1. The molecule has 2 heterocycles. The van der Waals surface area contributed by atoms with Crippen molar-refractivity contribution in [2.45, 2.75) is 12.5 Å². The van der Waals surface area contributed by atoms with Crippen LogP contribution in [0.4, 0.5) is 0 Å². The fourth-order valence-electron chi connectivity index (χ4n) is 4.96. The van der Waals surface area contributed by atoms with Gasteiger partial charge in [0.15, 0.2) is 0 Å². The first-order chi connectivity index (χ1) is 15.7. The van der Waals surface area contributed by atoms with E-state index in [4.69, 9.17) is 0 Å². The van der Waals surface area contributed by atoms with Crippen molar-refractivity contribution < 1.29 is 4.79 Å². The predicted molar refractivity (Wildman–Crippen MR) is 130 cm³/mol. The molecule has 0 saturated carbocycles. The van der Waals surface area contributed by atoms with E-state index in [1.54, 1.807) is 0 Å². The Kier molecular flexibility index (Phi) is 5.78. The lowest BCUT2D eigenvalue weighted by Gasteiger charge is -2.39. The summed E-state index contributed by atoms with van der Waals surface area (Å²) >= 11 is 0. The zero-order valence-electron chi connectivity index (χ0n) is 18.5. The summed E-state index contributed by atoms with van der Waals surface area (Å²) in [4.78, 5) is 17.7. The Labute approximate surface area is 189 Å². The number of rotatable bonds is 5. The van der Waals surface area contributed by atoms with Gasteiger partial charge >= 0.3 is 0 Å². The fraction of sp³-hybridized carbons (Fsp3) is 0.250. The molecule has 0 radical (unpaired) electrons. The molecule has 4 nitrogen and oxygen atoms in total. The molecule has 0 bridgehead atoms. The average Bonchev–Trinajstić information content (AvgIpc) is 3.16. The van der Waals surface area contributed by atoms with Gasteiger partial charge in [0, 0.05) is 50.3 Å². The smallest absolute Gasteiger partial charge is 0.227 e. The Hall–Kier alpha value is -3.37. The van der Waals surface area contributed by atoms with Crippen LogP contribution in [0.25, 0.3) is 10.9 Å². The van der Waals surface area contributed by atoms with Gasteiger partial charge < -0.3 is 9.47 Å². The Balaban J connectivity index is 1.30. The van der Waals surface area contributed by atoms with Gasteiger partial charge in [-0.15, -0.1) is 0 Å². The van der Waals surface area contributed by atoms with Gasteiger partial charge in [-0.3, -0.25) is 9.69 Å². The Morgan fingerprint density at radius 1 is 0.781 bits per heavy atom. The highest BCUT2D eigenvalue weighted by molar-refractivity contribution is 5.89. The number of hydrogen-bond acceptors (Lipinski definition) is 2. The van der Waals surface area contributed by atoms with Gasteiger partial charge in [-0.2, -0.15) is 0 Å². The molecule has 0 aliphatic carbocycles. The molecule has 1 amide bonds. The van der Waals surface area contributed by atoms with Crippen LogP contribution in [-0.2, 0) is 18.3 Å². The number of aryl methyl sites for hydroxylation is 1. The van der Waals surface area contributed by atoms with Crippen LogP contribution in [-0.4, -0.2) is 46.5 Å². The lowest BCUT2D eigenvalue weighted by atomic mass is 9.96. The minimum absolute atomic E-state index is 0.215. The topological polar surface area (TPSA) is 28.5 Å². The van der Waals surface area contributed by atoms with Crippen molar-refractivity contribution in [3.8, 4) is 0 Å². The van der Waals surface area contributed by atoms with E-state index in [1.165, 1.54) is 22.0 Å². The van der Waals surface area contributed by atoms with Crippen molar-refractivity contribution >= 4 is 16.8 Å². The first kappa shape index (κ1) is 20.5. The number of aromatic nitrogens is 1. The van der Waals surface area contributed by atoms with Crippen molar-refractivity contribution in [1.29, 1.82) is 0 Å². The number of carbonyl (C=O) groups excluding carboxylic acids is 1. The van der Waals surface area contributed by atoms with Gasteiger partial charge in [-0.1, -0.05) is 78.9 Å². The van der Waals surface area contributed by atoms with E-state index in [9.17, 15) is 4.79 Å². The van der Waals surface area contributed by atoms with Gasteiger partial charge in [-0.25, -0.2) is 0 Å². The van der Waals surface area contributed by atoms with Gasteiger partial charge in [0.2, 0.25) is 5.91 Å². The third kappa shape index (κ3) is 4.06. The van der Waals surface area contributed by atoms with E-state index in [1.807, 2.05) is 24.1 Å². The molecule has 4 aromatic rings. The highest BCUT2D eigenvalue weighted by Gasteiger charge is 2.28. The van der Waals surface area contributed by atoms with Crippen molar-refractivity contribution in [3.63, 3.8) is 0 Å². The van der Waals surface area contributed by atoms with E-state index in [0.717, 1.165) is 31.7 Å². The van der Waals surface area contributed by atoms with E-state index in [-0.39, 0.29) is 11.9 Å². The number of para-hydroxylation sites is 1. The lowest BCUT2D eigenvalue weighted by Crippen LogP contribution is -2.50. The van der Waals surface area contributed by atoms with Crippen LogP contribution in [0.5, 0.6) is 0 Å². The number of benzene rings is 3. The molecule has 1 aromatic heterocycles.